The van der Waals surface area contributed by atoms with Crippen LogP contribution in [-0.2, 0) is 4.79 Å². The summed E-state index contributed by atoms with van der Waals surface area (Å²) in [6.45, 7) is 5.39. The average Bonchev–Trinajstić information content (AvgIpc) is 2.76. The van der Waals surface area contributed by atoms with Gasteiger partial charge in [-0.3, -0.25) is 9.59 Å². The molecule has 1 atom stereocenters. The van der Waals surface area contributed by atoms with Gasteiger partial charge in [0.25, 0.3) is 5.91 Å². The van der Waals surface area contributed by atoms with E-state index in [1.165, 1.54) is 0 Å². The number of amides is 2. The number of rotatable bonds is 8. The second kappa shape index (κ2) is 10.8. The van der Waals surface area contributed by atoms with E-state index < -0.39 is 0 Å². The maximum absolute atomic E-state index is 12.7. The fraction of sp³-hybridized carbons (Fsp3) is 0.417. The highest BCUT2D eigenvalue weighted by Crippen LogP contribution is 2.18. The van der Waals surface area contributed by atoms with Crippen molar-refractivity contribution in [2.75, 3.05) is 19.6 Å². The van der Waals surface area contributed by atoms with E-state index in [1.807, 2.05) is 48.5 Å². The summed E-state index contributed by atoms with van der Waals surface area (Å²) in [5.41, 5.74) is 1.53. The smallest absolute Gasteiger partial charge is 0.251 e. The Kier molecular flexibility index (Phi) is 7.82. The van der Waals surface area contributed by atoms with Gasteiger partial charge >= 0.3 is 0 Å². The molecule has 3 rings (SSSR count). The Bertz CT molecular complexity index is 771. The third-order valence-electron chi connectivity index (χ3n) is 5.43. The van der Waals surface area contributed by atoms with Crippen LogP contribution in [0.3, 0.4) is 0 Å². The molecule has 154 valence electrons. The van der Waals surface area contributed by atoms with Gasteiger partial charge in [-0.15, -0.1) is 0 Å². The SMILES string of the molecule is CCCN1CCC(NC(=O)CC(NC(=O)c2ccccc2)c2ccccc2)CC1. The Hall–Kier alpha value is -2.66. The lowest BCUT2D eigenvalue weighted by molar-refractivity contribution is -0.122. The molecule has 0 spiro atoms. The standard InChI is InChI=1S/C24H31N3O2/c1-2-15-27-16-13-21(14-17-27)25-23(28)18-22(19-9-5-3-6-10-19)26-24(29)20-11-7-4-8-12-20/h3-12,21-22H,2,13-18H2,1H3,(H,25,28)(H,26,29). The average molecular weight is 394 g/mol. The highest BCUT2D eigenvalue weighted by atomic mass is 16.2. The van der Waals surface area contributed by atoms with Crippen molar-refractivity contribution in [2.24, 2.45) is 0 Å². The zero-order valence-electron chi connectivity index (χ0n) is 17.1. The van der Waals surface area contributed by atoms with Gasteiger partial charge in [0.1, 0.15) is 0 Å². The van der Waals surface area contributed by atoms with Crippen LogP contribution in [0.5, 0.6) is 0 Å². The van der Waals surface area contributed by atoms with Gasteiger partial charge in [0.05, 0.1) is 12.5 Å². The number of hydrogen-bond donors (Lipinski definition) is 2. The van der Waals surface area contributed by atoms with Crippen LogP contribution >= 0.6 is 0 Å². The summed E-state index contributed by atoms with van der Waals surface area (Å²) in [6.07, 6.45) is 3.37. The molecule has 1 saturated heterocycles. The zero-order valence-corrected chi connectivity index (χ0v) is 17.1. The number of nitrogens with zero attached hydrogens (tertiary/aromatic N) is 1. The predicted octanol–water partition coefficient (Wildman–Crippen LogP) is 3.54. The summed E-state index contributed by atoms with van der Waals surface area (Å²) in [7, 11) is 0. The van der Waals surface area contributed by atoms with Gasteiger partial charge in [-0.1, -0.05) is 55.5 Å². The molecule has 1 aliphatic heterocycles. The van der Waals surface area contributed by atoms with Crippen molar-refractivity contribution in [1.29, 1.82) is 0 Å². The summed E-state index contributed by atoms with van der Waals surface area (Å²) in [5.74, 6) is -0.179. The van der Waals surface area contributed by atoms with Crippen LogP contribution in [-0.4, -0.2) is 42.4 Å². The minimum absolute atomic E-state index is 0.0128. The van der Waals surface area contributed by atoms with Gasteiger partial charge in [-0.25, -0.2) is 0 Å². The normalized spacial score (nSPS) is 16.2. The van der Waals surface area contributed by atoms with Crippen molar-refractivity contribution < 1.29 is 9.59 Å². The Morgan fingerprint density at radius 1 is 1.00 bits per heavy atom. The zero-order chi connectivity index (χ0) is 20.5. The Morgan fingerprint density at radius 3 is 2.24 bits per heavy atom. The second-order valence-corrected chi connectivity index (χ2v) is 7.69. The Balaban J connectivity index is 1.60. The van der Waals surface area contributed by atoms with Crippen LogP contribution in [0.4, 0.5) is 0 Å². The molecule has 1 heterocycles. The third-order valence-corrected chi connectivity index (χ3v) is 5.43. The molecule has 0 bridgehead atoms. The second-order valence-electron chi connectivity index (χ2n) is 7.69. The monoisotopic (exact) mass is 393 g/mol. The van der Waals surface area contributed by atoms with Crippen molar-refractivity contribution in [2.45, 2.75) is 44.7 Å². The van der Waals surface area contributed by atoms with Crippen molar-refractivity contribution in [3.8, 4) is 0 Å². The molecule has 2 N–H and O–H groups in total. The lowest BCUT2D eigenvalue weighted by Gasteiger charge is -2.32. The Morgan fingerprint density at radius 2 is 1.62 bits per heavy atom. The van der Waals surface area contributed by atoms with E-state index in [1.54, 1.807) is 12.1 Å². The van der Waals surface area contributed by atoms with Crippen LogP contribution in [0, 0.1) is 0 Å². The molecule has 5 nitrogen and oxygen atoms in total. The first-order valence-electron chi connectivity index (χ1n) is 10.6. The van der Waals surface area contributed by atoms with Crippen molar-refractivity contribution in [3.05, 3.63) is 71.8 Å². The predicted molar refractivity (Wildman–Crippen MR) is 116 cm³/mol. The Labute approximate surface area is 173 Å². The van der Waals surface area contributed by atoms with Gasteiger partial charge in [0, 0.05) is 24.7 Å². The number of carbonyl (C=O) groups is 2. The molecule has 0 aromatic heterocycles. The summed E-state index contributed by atoms with van der Waals surface area (Å²) >= 11 is 0. The van der Waals surface area contributed by atoms with Gasteiger partial charge in [-0.05, 0) is 43.5 Å². The molecule has 29 heavy (non-hydrogen) atoms. The van der Waals surface area contributed by atoms with Gasteiger partial charge in [0.15, 0.2) is 0 Å². The summed E-state index contributed by atoms with van der Waals surface area (Å²) in [5, 5.41) is 6.21. The number of hydrogen-bond acceptors (Lipinski definition) is 3. The van der Waals surface area contributed by atoms with Gasteiger partial charge in [0.2, 0.25) is 5.91 Å². The minimum Gasteiger partial charge on any atom is -0.353 e. The molecule has 1 unspecified atom stereocenters. The van der Waals surface area contributed by atoms with Gasteiger partial charge in [-0.2, -0.15) is 0 Å². The number of piperidine rings is 1. The molecule has 5 heteroatoms. The van der Waals surface area contributed by atoms with Crippen LogP contribution in [0.1, 0.15) is 54.6 Å². The maximum atomic E-state index is 12.7. The summed E-state index contributed by atoms with van der Waals surface area (Å²) < 4.78 is 0. The van der Waals surface area contributed by atoms with Crippen molar-refractivity contribution in [1.82, 2.24) is 15.5 Å². The van der Waals surface area contributed by atoms with Crippen LogP contribution in [0.2, 0.25) is 0 Å². The van der Waals surface area contributed by atoms with E-state index in [0.29, 0.717) is 5.56 Å². The van der Waals surface area contributed by atoms with E-state index in [-0.39, 0.29) is 30.3 Å². The fourth-order valence-corrected chi connectivity index (χ4v) is 3.86. The van der Waals surface area contributed by atoms with Crippen LogP contribution in [0.25, 0.3) is 0 Å². The highest BCUT2D eigenvalue weighted by Gasteiger charge is 2.23. The third kappa shape index (κ3) is 6.43. The molecule has 2 amide bonds. The molecule has 1 aliphatic rings. The van der Waals surface area contributed by atoms with E-state index in [0.717, 1.165) is 44.5 Å². The van der Waals surface area contributed by atoms with E-state index in [4.69, 9.17) is 0 Å². The lowest BCUT2D eigenvalue weighted by Crippen LogP contribution is -2.45. The van der Waals surface area contributed by atoms with E-state index in [9.17, 15) is 9.59 Å². The molecule has 1 fully saturated rings. The van der Waals surface area contributed by atoms with Crippen LogP contribution in [0.15, 0.2) is 60.7 Å². The maximum Gasteiger partial charge on any atom is 0.251 e. The first-order chi connectivity index (χ1) is 14.2. The molecule has 2 aromatic rings. The fourth-order valence-electron chi connectivity index (χ4n) is 3.86. The highest BCUT2D eigenvalue weighted by molar-refractivity contribution is 5.94. The largest absolute Gasteiger partial charge is 0.353 e. The molecule has 0 radical (unpaired) electrons. The van der Waals surface area contributed by atoms with Gasteiger partial charge < -0.3 is 15.5 Å². The van der Waals surface area contributed by atoms with Crippen molar-refractivity contribution >= 4 is 11.8 Å². The molecular weight excluding hydrogens is 362 g/mol. The molecular formula is C24H31N3O2. The number of likely N-dealkylation sites (tertiary alicyclic amines) is 1. The quantitative estimate of drug-likeness (QED) is 0.721. The van der Waals surface area contributed by atoms with E-state index >= 15 is 0 Å². The summed E-state index contributed by atoms with van der Waals surface area (Å²) in [4.78, 5) is 27.8. The first-order valence-corrected chi connectivity index (χ1v) is 10.6. The molecule has 2 aromatic carbocycles. The number of benzene rings is 2. The summed E-state index contributed by atoms with van der Waals surface area (Å²) in [6, 6.07) is 18.7. The van der Waals surface area contributed by atoms with E-state index in [2.05, 4.69) is 22.5 Å². The van der Waals surface area contributed by atoms with Crippen molar-refractivity contribution in [3.63, 3.8) is 0 Å². The number of nitrogens with one attached hydrogen (secondary N) is 2. The number of carbonyl (C=O) groups excluding carboxylic acids is 2. The molecule has 0 aliphatic carbocycles. The molecule has 0 saturated carbocycles. The first kappa shape index (κ1) is 21.1. The topological polar surface area (TPSA) is 61.4 Å². The lowest BCUT2D eigenvalue weighted by atomic mass is 10.0. The minimum atomic E-state index is -0.357. The van der Waals surface area contributed by atoms with Crippen LogP contribution < -0.4 is 10.6 Å².